The van der Waals surface area contributed by atoms with Gasteiger partial charge in [0.1, 0.15) is 5.75 Å². The molecule has 2 rings (SSSR count). The molecule has 2 N–H and O–H groups in total. The van der Waals surface area contributed by atoms with Crippen LogP contribution >= 0.6 is 0 Å². The van der Waals surface area contributed by atoms with E-state index < -0.39 is 0 Å². The lowest BCUT2D eigenvalue weighted by molar-refractivity contribution is -0.118. The van der Waals surface area contributed by atoms with Gasteiger partial charge in [-0.15, -0.1) is 0 Å². The molecular weight excluding hydrogens is 278 g/mol. The zero-order chi connectivity index (χ0) is 15.9. The minimum Gasteiger partial charge on any atom is -0.493 e. The van der Waals surface area contributed by atoms with Gasteiger partial charge in [0.05, 0.1) is 12.8 Å². The molecule has 2 aromatic rings. The predicted molar refractivity (Wildman–Crippen MR) is 86.6 cm³/mol. The second-order valence-electron chi connectivity index (χ2n) is 5.41. The zero-order valence-corrected chi connectivity index (χ0v) is 13.2. The van der Waals surface area contributed by atoms with Gasteiger partial charge in [-0.2, -0.15) is 5.10 Å². The van der Waals surface area contributed by atoms with E-state index in [0.29, 0.717) is 13.2 Å². The van der Waals surface area contributed by atoms with Crippen molar-refractivity contribution < 1.29 is 9.53 Å². The molecule has 0 saturated carbocycles. The van der Waals surface area contributed by atoms with Crippen molar-refractivity contribution >= 4 is 5.91 Å². The molecule has 0 radical (unpaired) electrons. The first-order valence-corrected chi connectivity index (χ1v) is 7.64. The topological polar surface area (TPSA) is 70.1 Å². The van der Waals surface area contributed by atoms with E-state index in [9.17, 15) is 4.79 Å². The van der Waals surface area contributed by atoms with Gasteiger partial charge in [-0.1, -0.05) is 25.0 Å². The Hall–Kier alpha value is -2.30. The monoisotopic (exact) mass is 301 g/mol. The van der Waals surface area contributed by atoms with Crippen LogP contribution in [0, 0.1) is 6.92 Å². The third-order valence-corrected chi connectivity index (χ3v) is 3.42. The van der Waals surface area contributed by atoms with Crippen LogP contribution in [-0.2, 0) is 11.3 Å². The van der Waals surface area contributed by atoms with E-state index in [1.807, 2.05) is 18.3 Å². The minimum absolute atomic E-state index is 0.287. The maximum atomic E-state index is 10.9. The molecular formula is C17H23N3O2. The molecule has 0 aliphatic carbocycles. The lowest BCUT2D eigenvalue weighted by Crippen LogP contribution is -2.13. The highest BCUT2D eigenvalue weighted by atomic mass is 16.5. The number of carbonyl (C=O) groups is 1. The summed E-state index contributed by atoms with van der Waals surface area (Å²) in [6, 6.07) is 6.14. The zero-order valence-electron chi connectivity index (χ0n) is 13.2. The van der Waals surface area contributed by atoms with Crippen molar-refractivity contribution in [2.75, 3.05) is 6.61 Å². The van der Waals surface area contributed by atoms with Crippen LogP contribution in [0.1, 0.15) is 31.7 Å². The Balaban J connectivity index is 2.19. The second-order valence-corrected chi connectivity index (χ2v) is 5.41. The van der Waals surface area contributed by atoms with Crippen LogP contribution in [0.4, 0.5) is 0 Å². The average molecular weight is 301 g/mol. The quantitative estimate of drug-likeness (QED) is 0.762. The second kappa shape index (κ2) is 7.64. The van der Waals surface area contributed by atoms with Crippen LogP contribution in [0.2, 0.25) is 0 Å². The van der Waals surface area contributed by atoms with Crippen LogP contribution in [0.25, 0.3) is 11.1 Å². The van der Waals surface area contributed by atoms with Gasteiger partial charge in [-0.05, 0) is 25.5 Å². The molecule has 0 aliphatic rings. The largest absolute Gasteiger partial charge is 0.493 e. The Morgan fingerprint density at radius 3 is 2.95 bits per heavy atom. The van der Waals surface area contributed by atoms with Gasteiger partial charge < -0.3 is 10.5 Å². The van der Waals surface area contributed by atoms with Crippen molar-refractivity contribution in [1.82, 2.24) is 9.78 Å². The van der Waals surface area contributed by atoms with Crippen molar-refractivity contribution in [3.63, 3.8) is 0 Å². The molecule has 1 aromatic heterocycles. The summed E-state index contributed by atoms with van der Waals surface area (Å²) >= 11 is 0. The molecule has 0 fully saturated rings. The Morgan fingerprint density at radius 2 is 2.23 bits per heavy atom. The molecule has 5 heteroatoms. The van der Waals surface area contributed by atoms with Gasteiger partial charge in [0.25, 0.3) is 0 Å². The van der Waals surface area contributed by atoms with E-state index in [2.05, 4.69) is 25.0 Å². The Kier molecular flexibility index (Phi) is 5.58. The lowest BCUT2D eigenvalue weighted by atomic mass is 10.1. The normalized spacial score (nSPS) is 10.6. The van der Waals surface area contributed by atoms with Crippen LogP contribution in [0.3, 0.4) is 0 Å². The van der Waals surface area contributed by atoms with Crippen LogP contribution in [0.5, 0.6) is 5.75 Å². The lowest BCUT2D eigenvalue weighted by Gasteiger charge is -2.11. The van der Waals surface area contributed by atoms with Crippen molar-refractivity contribution in [2.45, 2.75) is 39.7 Å². The number of primary amides is 1. The van der Waals surface area contributed by atoms with Crippen LogP contribution < -0.4 is 10.5 Å². The summed E-state index contributed by atoms with van der Waals surface area (Å²) < 4.78 is 7.62. The van der Waals surface area contributed by atoms with Gasteiger partial charge in [0, 0.05) is 30.3 Å². The van der Waals surface area contributed by atoms with E-state index in [0.717, 1.165) is 29.7 Å². The maximum Gasteiger partial charge on any atom is 0.219 e. The summed E-state index contributed by atoms with van der Waals surface area (Å²) in [5, 5.41) is 4.29. The molecule has 1 amide bonds. The number of hydrogen-bond acceptors (Lipinski definition) is 3. The van der Waals surface area contributed by atoms with E-state index in [-0.39, 0.29) is 12.3 Å². The summed E-state index contributed by atoms with van der Waals surface area (Å²) in [5.74, 6) is 0.546. The molecule has 22 heavy (non-hydrogen) atoms. The Labute approximate surface area is 131 Å². The highest BCUT2D eigenvalue weighted by Crippen LogP contribution is 2.31. The van der Waals surface area contributed by atoms with E-state index in [4.69, 9.17) is 10.5 Å². The summed E-state index contributed by atoms with van der Waals surface area (Å²) in [6.07, 6.45) is 6.14. The first-order chi connectivity index (χ1) is 10.6. The summed E-state index contributed by atoms with van der Waals surface area (Å²) in [5.41, 5.74) is 8.35. The smallest absolute Gasteiger partial charge is 0.219 e. The number of nitrogens with zero attached hydrogens (tertiary/aromatic N) is 2. The van der Waals surface area contributed by atoms with E-state index in [1.165, 1.54) is 5.56 Å². The summed E-state index contributed by atoms with van der Waals surface area (Å²) in [6.45, 7) is 5.40. The SMILES string of the molecule is CCCCOc1ccc(C)cc1-c1cnn(CCC(N)=O)c1. The van der Waals surface area contributed by atoms with Gasteiger partial charge in [0.2, 0.25) is 5.91 Å². The number of hydrogen-bond donors (Lipinski definition) is 1. The van der Waals surface area contributed by atoms with Gasteiger partial charge in [-0.25, -0.2) is 0 Å². The fraction of sp³-hybridized carbons (Fsp3) is 0.412. The third-order valence-electron chi connectivity index (χ3n) is 3.42. The Bertz CT molecular complexity index is 635. The molecule has 0 bridgehead atoms. The number of benzene rings is 1. The summed E-state index contributed by atoms with van der Waals surface area (Å²) in [7, 11) is 0. The average Bonchev–Trinajstić information content (AvgIpc) is 2.95. The van der Waals surface area contributed by atoms with Gasteiger partial charge >= 0.3 is 0 Å². The van der Waals surface area contributed by atoms with Crippen molar-refractivity contribution in [1.29, 1.82) is 0 Å². The number of amides is 1. The fourth-order valence-electron chi connectivity index (χ4n) is 2.17. The van der Waals surface area contributed by atoms with Crippen LogP contribution in [-0.4, -0.2) is 22.3 Å². The van der Waals surface area contributed by atoms with Crippen molar-refractivity contribution in [3.8, 4) is 16.9 Å². The maximum absolute atomic E-state index is 10.9. The molecule has 1 heterocycles. The molecule has 0 unspecified atom stereocenters. The molecule has 1 aromatic carbocycles. The minimum atomic E-state index is -0.323. The van der Waals surface area contributed by atoms with E-state index in [1.54, 1.807) is 10.9 Å². The first-order valence-electron chi connectivity index (χ1n) is 7.64. The molecule has 118 valence electrons. The third kappa shape index (κ3) is 4.35. The highest BCUT2D eigenvalue weighted by molar-refractivity contribution is 5.73. The molecule has 0 saturated heterocycles. The molecule has 0 atom stereocenters. The number of ether oxygens (including phenoxy) is 1. The molecule has 0 aliphatic heterocycles. The first kappa shape index (κ1) is 16.1. The van der Waals surface area contributed by atoms with Crippen molar-refractivity contribution in [3.05, 3.63) is 36.2 Å². The van der Waals surface area contributed by atoms with Crippen LogP contribution in [0.15, 0.2) is 30.6 Å². The van der Waals surface area contributed by atoms with Gasteiger partial charge in [-0.3, -0.25) is 9.48 Å². The number of rotatable bonds is 8. The van der Waals surface area contributed by atoms with Crippen molar-refractivity contribution in [2.24, 2.45) is 5.73 Å². The number of carbonyl (C=O) groups excluding carboxylic acids is 1. The number of aryl methyl sites for hydroxylation is 2. The predicted octanol–water partition coefficient (Wildman–Crippen LogP) is 2.91. The number of aromatic nitrogens is 2. The standard InChI is InChI=1S/C17H23N3O2/c1-3-4-9-22-16-6-5-13(2)10-15(16)14-11-19-20(12-14)8-7-17(18)21/h5-6,10-12H,3-4,7-9H2,1-2H3,(H2,18,21). The summed E-state index contributed by atoms with van der Waals surface area (Å²) in [4.78, 5) is 10.9. The highest BCUT2D eigenvalue weighted by Gasteiger charge is 2.10. The molecule has 5 nitrogen and oxygen atoms in total. The number of unbranched alkanes of at least 4 members (excludes halogenated alkanes) is 1. The number of nitrogens with two attached hydrogens (primary N) is 1. The fourth-order valence-corrected chi connectivity index (χ4v) is 2.17. The van der Waals surface area contributed by atoms with Gasteiger partial charge in [0.15, 0.2) is 0 Å². The molecule has 0 spiro atoms. The Morgan fingerprint density at radius 1 is 1.41 bits per heavy atom. The van der Waals surface area contributed by atoms with E-state index >= 15 is 0 Å².